The molecule has 0 unspecified atom stereocenters. The van der Waals surface area contributed by atoms with Crippen LogP contribution in [0.25, 0.3) is 0 Å². The van der Waals surface area contributed by atoms with Crippen molar-refractivity contribution in [1.82, 2.24) is 9.47 Å². The molecule has 1 aromatic heterocycles. The van der Waals surface area contributed by atoms with E-state index in [0.29, 0.717) is 5.56 Å². The van der Waals surface area contributed by atoms with Crippen molar-refractivity contribution in [3.63, 3.8) is 0 Å². The van der Waals surface area contributed by atoms with Crippen molar-refractivity contribution < 1.29 is 9.90 Å². The fourth-order valence-corrected chi connectivity index (χ4v) is 2.32. The Labute approximate surface area is 102 Å². The zero-order valence-corrected chi connectivity index (χ0v) is 10.7. The van der Waals surface area contributed by atoms with E-state index >= 15 is 0 Å². The van der Waals surface area contributed by atoms with E-state index in [1.807, 2.05) is 13.8 Å². The number of aryl methyl sites for hydroxylation is 1. The zero-order chi connectivity index (χ0) is 12.6. The number of aromatic carboxylic acids is 1. The van der Waals surface area contributed by atoms with E-state index in [-0.39, 0.29) is 0 Å². The van der Waals surface area contributed by atoms with Gasteiger partial charge < -0.3 is 14.6 Å². The summed E-state index contributed by atoms with van der Waals surface area (Å²) >= 11 is 0. The van der Waals surface area contributed by atoms with E-state index in [4.69, 9.17) is 5.11 Å². The minimum absolute atomic E-state index is 0.427. The molecule has 0 saturated heterocycles. The highest BCUT2D eigenvalue weighted by Crippen LogP contribution is 2.25. The lowest BCUT2D eigenvalue weighted by Crippen LogP contribution is -2.25. The maximum atomic E-state index is 11.0. The van der Waals surface area contributed by atoms with Gasteiger partial charge in [-0.05, 0) is 39.8 Å². The number of rotatable bonds is 5. The molecule has 1 N–H and O–H groups in total. The fourth-order valence-electron chi connectivity index (χ4n) is 2.32. The standard InChI is InChI=1S/C13H20N2O2/c1-9-8-12(13(16)17)10(2)15(9)7-6-14(3)11-4-5-11/h8,11H,4-7H2,1-3H3,(H,16,17). The fraction of sp³-hybridized carbons (Fsp3) is 0.615. The Morgan fingerprint density at radius 2 is 2.18 bits per heavy atom. The molecule has 1 saturated carbocycles. The molecule has 0 amide bonds. The highest BCUT2D eigenvalue weighted by Gasteiger charge is 2.25. The number of aromatic nitrogens is 1. The molecule has 17 heavy (non-hydrogen) atoms. The first-order valence-corrected chi connectivity index (χ1v) is 6.11. The van der Waals surface area contributed by atoms with Crippen molar-refractivity contribution >= 4 is 5.97 Å². The van der Waals surface area contributed by atoms with Crippen LogP contribution in [0.2, 0.25) is 0 Å². The van der Waals surface area contributed by atoms with E-state index in [1.165, 1.54) is 12.8 Å². The minimum Gasteiger partial charge on any atom is -0.478 e. The summed E-state index contributed by atoms with van der Waals surface area (Å²) in [6.45, 7) is 5.71. The molecule has 1 heterocycles. The molecule has 1 aromatic rings. The van der Waals surface area contributed by atoms with Gasteiger partial charge in [0.1, 0.15) is 0 Å². The van der Waals surface area contributed by atoms with E-state index in [9.17, 15) is 4.79 Å². The highest BCUT2D eigenvalue weighted by molar-refractivity contribution is 5.89. The molecule has 0 aliphatic heterocycles. The first-order valence-electron chi connectivity index (χ1n) is 6.11. The normalized spacial score (nSPS) is 15.5. The number of nitrogens with zero attached hydrogens (tertiary/aromatic N) is 2. The molecule has 4 nitrogen and oxygen atoms in total. The number of hydrogen-bond donors (Lipinski definition) is 1. The molecule has 1 aliphatic rings. The molecule has 4 heteroatoms. The Morgan fingerprint density at radius 1 is 1.53 bits per heavy atom. The summed E-state index contributed by atoms with van der Waals surface area (Å²) in [5.41, 5.74) is 2.32. The van der Waals surface area contributed by atoms with Crippen molar-refractivity contribution in [3.05, 3.63) is 23.0 Å². The van der Waals surface area contributed by atoms with E-state index < -0.39 is 5.97 Å². The summed E-state index contributed by atoms with van der Waals surface area (Å²) in [7, 11) is 2.14. The summed E-state index contributed by atoms with van der Waals surface area (Å²) in [6.07, 6.45) is 2.61. The van der Waals surface area contributed by atoms with Gasteiger partial charge in [0.2, 0.25) is 0 Å². The van der Waals surface area contributed by atoms with Crippen LogP contribution in [0.15, 0.2) is 6.07 Å². The predicted molar refractivity (Wildman–Crippen MR) is 66.5 cm³/mol. The van der Waals surface area contributed by atoms with Crippen LogP contribution in [0.3, 0.4) is 0 Å². The third-order valence-corrected chi connectivity index (χ3v) is 3.65. The quantitative estimate of drug-likeness (QED) is 0.849. The first-order chi connectivity index (χ1) is 8.00. The molecule has 94 valence electrons. The Hall–Kier alpha value is -1.29. The lowest BCUT2D eigenvalue weighted by molar-refractivity contribution is 0.0696. The molecule has 0 bridgehead atoms. The van der Waals surface area contributed by atoms with Gasteiger partial charge >= 0.3 is 5.97 Å². The van der Waals surface area contributed by atoms with Crippen molar-refractivity contribution in [1.29, 1.82) is 0 Å². The van der Waals surface area contributed by atoms with Crippen LogP contribution in [-0.4, -0.2) is 40.2 Å². The maximum Gasteiger partial charge on any atom is 0.337 e. The lowest BCUT2D eigenvalue weighted by atomic mass is 10.2. The molecule has 0 aromatic carbocycles. The van der Waals surface area contributed by atoms with E-state index in [2.05, 4.69) is 16.5 Å². The van der Waals surface area contributed by atoms with Gasteiger partial charge in [-0.2, -0.15) is 0 Å². The molecular formula is C13H20N2O2. The van der Waals surface area contributed by atoms with Gasteiger partial charge in [-0.15, -0.1) is 0 Å². The molecule has 0 spiro atoms. The van der Waals surface area contributed by atoms with Crippen molar-refractivity contribution in [2.45, 2.75) is 39.3 Å². The minimum atomic E-state index is -0.833. The Morgan fingerprint density at radius 3 is 2.65 bits per heavy atom. The monoisotopic (exact) mass is 236 g/mol. The number of carboxylic acids is 1. The second kappa shape index (κ2) is 4.53. The SMILES string of the molecule is Cc1cc(C(=O)O)c(C)n1CCN(C)C1CC1. The van der Waals surface area contributed by atoms with Crippen LogP contribution in [0.4, 0.5) is 0 Å². The molecule has 1 aliphatic carbocycles. The maximum absolute atomic E-state index is 11.0. The van der Waals surface area contributed by atoms with Crippen molar-refractivity contribution in [2.24, 2.45) is 0 Å². The van der Waals surface area contributed by atoms with Crippen LogP contribution in [0.1, 0.15) is 34.6 Å². The summed E-state index contributed by atoms with van der Waals surface area (Å²) in [6, 6.07) is 2.51. The molecule has 0 radical (unpaired) electrons. The summed E-state index contributed by atoms with van der Waals surface area (Å²) in [4.78, 5) is 13.4. The average Bonchev–Trinajstić information content (AvgIpc) is 3.05. The Kier molecular flexibility index (Phi) is 3.24. The van der Waals surface area contributed by atoms with Crippen LogP contribution < -0.4 is 0 Å². The van der Waals surface area contributed by atoms with Crippen LogP contribution >= 0.6 is 0 Å². The van der Waals surface area contributed by atoms with E-state index in [1.54, 1.807) is 6.07 Å². The molecular weight excluding hydrogens is 216 g/mol. The van der Waals surface area contributed by atoms with Crippen molar-refractivity contribution in [3.8, 4) is 0 Å². The third kappa shape index (κ3) is 2.52. The number of likely N-dealkylation sites (N-methyl/N-ethyl adjacent to an activating group) is 1. The van der Waals surface area contributed by atoms with Gasteiger partial charge in [-0.1, -0.05) is 0 Å². The summed E-state index contributed by atoms with van der Waals surface area (Å²) in [5, 5.41) is 9.06. The summed E-state index contributed by atoms with van der Waals surface area (Å²) in [5.74, 6) is -0.833. The third-order valence-electron chi connectivity index (χ3n) is 3.65. The number of carboxylic acid groups (broad SMARTS) is 1. The summed E-state index contributed by atoms with van der Waals surface area (Å²) < 4.78 is 2.10. The Bertz CT molecular complexity index is 433. The number of hydrogen-bond acceptors (Lipinski definition) is 2. The van der Waals surface area contributed by atoms with Gasteiger partial charge in [0, 0.05) is 30.5 Å². The second-order valence-electron chi connectivity index (χ2n) is 4.95. The van der Waals surface area contributed by atoms with Crippen LogP contribution in [0, 0.1) is 13.8 Å². The first kappa shape index (κ1) is 12.2. The zero-order valence-electron chi connectivity index (χ0n) is 10.7. The van der Waals surface area contributed by atoms with Crippen molar-refractivity contribution in [2.75, 3.05) is 13.6 Å². The smallest absolute Gasteiger partial charge is 0.337 e. The van der Waals surface area contributed by atoms with Gasteiger partial charge in [0.15, 0.2) is 0 Å². The van der Waals surface area contributed by atoms with Crippen LogP contribution in [0.5, 0.6) is 0 Å². The highest BCUT2D eigenvalue weighted by atomic mass is 16.4. The predicted octanol–water partition coefficient (Wildman–Crippen LogP) is 1.90. The van der Waals surface area contributed by atoms with Gasteiger partial charge in [-0.25, -0.2) is 4.79 Å². The van der Waals surface area contributed by atoms with E-state index in [0.717, 1.165) is 30.5 Å². The van der Waals surface area contributed by atoms with Gasteiger partial charge in [0.05, 0.1) is 5.56 Å². The van der Waals surface area contributed by atoms with Gasteiger partial charge in [0.25, 0.3) is 0 Å². The topological polar surface area (TPSA) is 45.5 Å². The molecule has 2 rings (SSSR count). The van der Waals surface area contributed by atoms with Crippen LogP contribution in [-0.2, 0) is 6.54 Å². The lowest BCUT2D eigenvalue weighted by Gasteiger charge is -2.17. The largest absolute Gasteiger partial charge is 0.478 e. The Balaban J connectivity index is 2.06. The number of carbonyl (C=O) groups is 1. The second-order valence-corrected chi connectivity index (χ2v) is 4.95. The van der Waals surface area contributed by atoms with Gasteiger partial charge in [-0.3, -0.25) is 0 Å². The molecule has 1 fully saturated rings. The molecule has 0 atom stereocenters. The average molecular weight is 236 g/mol.